The summed E-state index contributed by atoms with van der Waals surface area (Å²) in [7, 11) is 1.97. The maximum absolute atomic E-state index is 12.3. The number of benzene rings is 1. The van der Waals surface area contributed by atoms with Crippen molar-refractivity contribution >= 4 is 42.2 Å². The normalized spacial score (nSPS) is 13.8. The number of para-hydroxylation sites is 1. The smallest absolute Gasteiger partial charge is 0.252 e. The highest BCUT2D eigenvalue weighted by atomic mass is 35.5. The lowest BCUT2D eigenvalue weighted by Gasteiger charge is -2.27. The predicted octanol–water partition coefficient (Wildman–Crippen LogP) is 2.72. The van der Waals surface area contributed by atoms with E-state index in [-0.39, 0.29) is 30.7 Å². The van der Waals surface area contributed by atoms with Crippen molar-refractivity contribution in [1.29, 1.82) is 0 Å². The number of carbonyl (C=O) groups excluding carboxylic acids is 1. The van der Waals surface area contributed by atoms with E-state index in [0.717, 1.165) is 50.6 Å². The third-order valence-electron chi connectivity index (χ3n) is 4.64. The molecular formula is C20H29Cl2N5O. The maximum Gasteiger partial charge on any atom is 0.252 e. The Morgan fingerprint density at radius 3 is 2.50 bits per heavy atom. The summed E-state index contributed by atoms with van der Waals surface area (Å²) in [6.07, 6.45) is 2.61. The van der Waals surface area contributed by atoms with Crippen LogP contribution in [-0.2, 0) is 0 Å². The molecule has 1 aromatic carbocycles. The molecule has 8 heteroatoms. The zero-order valence-corrected chi connectivity index (χ0v) is 17.8. The molecule has 1 aliphatic heterocycles. The van der Waals surface area contributed by atoms with Crippen LogP contribution in [0.15, 0.2) is 48.7 Å². The molecule has 28 heavy (non-hydrogen) atoms. The number of hydrogen-bond acceptors (Lipinski definition) is 5. The number of nitrogens with one attached hydrogen (secondary N) is 2. The van der Waals surface area contributed by atoms with Crippen LogP contribution in [0.25, 0.3) is 0 Å². The lowest BCUT2D eigenvalue weighted by atomic mass is 10.2. The molecule has 0 spiro atoms. The van der Waals surface area contributed by atoms with Crippen molar-refractivity contribution in [3.8, 4) is 0 Å². The lowest BCUT2D eigenvalue weighted by Crippen LogP contribution is -2.44. The molecule has 1 aromatic heterocycles. The highest BCUT2D eigenvalue weighted by molar-refractivity contribution is 5.94. The highest BCUT2D eigenvalue weighted by Gasteiger charge is 2.10. The summed E-state index contributed by atoms with van der Waals surface area (Å²) in [6.45, 7) is 6.02. The maximum atomic E-state index is 12.3. The minimum Gasteiger partial charge on any atom is -0.352 e. The number of rotatable bonds is 7. The second kappa shape index (κ2) is 12.6. The number of pyridine rings is 1. The molecule has 2 heterocycles. The van der Waals surface area contributed by atoms with Crippen molar-refractivity contribution in [1.82, 2.24) is 20.5 Å². The third kappa shape index (κ3) is 6.95. The number of aromatic nitrogens is 1. The Morgan fingerprint density at radius 2 is 1.86 bits per heavy atom. The summed E-state index contributed by atoms with van der Waals surface area (Å²) in [5.41, 5.74) is 1.66. The molecule has 154 valence electrons. The first kappa shape index (κ1) is 24.2. The van der Waals surface area contributed by atoms with Crippen LogP contribution in [0.4, 0.5) is 11.5 Å². The quantitative estimate of drug-likeness (QED) is 0.667. The first-order valence-electron chi connectivity index (χ1n) is 9.20. The monoisotopic (exact) mass is 425 g/mol. The van der Waals surface area contributed by atoms with E-state index < -0.39 is 0 Å². The van der Waals surface area contributed by atoms with Gasteiger partial charge in [0.05, 0.1) is 5.56 Å². The van der Waals surface area contributed by atoms with Crippen molar-refractivity contribution in [3.63, 3.8) is 0 Å². The third-order valence-corrected chi connectivity index (χ3v) is 4.64. The fourth-order valence-electron chi connectivity index (χ4n) is 3.04. The van der Waals surface area contributed by atoms with Crippen molar-refractivity contribution < 1.29 is 4.79 Å². The van der Waals surface area contributed by atoms with Crippen LogP contribution >= 0.6 is 24.8 Å². The van der Waals surface area contributed by atoms with E-state index in [0.29, 0.717) is 12.1 Å². The molecule has 3 rings (SSSR count). The van der Waals surface area contributed by atoms with Gasteiger partial charge in [-0.2, -0.15) is 0 Å². The molecule has 0 unspecified atom stereocenters. The zero-order valence-electron chi connectivity index (χ0n) is 16.1. The van der Waals surface area contributed by atoms with Crippen molar-refractivity contribution in [2.45, 2.75) is 6.42 Å². The van der Waals surface area contributed by atoms with Crippen molar-refractivity contribution in [2.75, 3.05) is 51.2 Å². The van der Waals surface area contributed by atoms with Crippen LogP contribution in [0.3, 0.4) is 0 Å². The molecule has 0 radical (unpaired) electrons. The minimum atomic E-state index is -0.0632. The van der Waals surface area contributed by atoms with Crippen LogP contribution in [0.1, 0.15) is 16.8 Å². The molecule has 6 nitrogen and oxygen atoms in total. The molecule has 0 atom stereocenters. The standard InChI is InChI=1S/C20H27N5O.2ClH/c1-24(18-6-3-2-4-7-18)19-9-8-17(16-23-19)20(26)22-10-5-13-25-14-11-21-12-15-25;;/h2-4,6-9,16,21H,5,10-15H2,1H3,(H,22,26);2*1H. The van der Waals surface area contributed by atoms with Crippen LogP contribution in [0.2, 0.25) is 0 Å². The van der Waals surface area contributed by atoms with E-state index in [9.17, 15) is 4.79 Å². The lowest BCUT2D eigenvalue weighted by molar-refractivity contribution is 0.0951. The average Bonchev–Trinajstić information content (AvgIpc) is 2.72. The first-order valence-corrected chi connectivity index (χ1v) is 9.20. The van der Waals surface area contributed by atoms with Gasteiger partial charge in [-0.05, 0) is 37.2 Å². The van der Waals surface area contributed by atoms with Gasteiger partial charge in [0.2, 0.25) is 0 Å². The number of anilines is 2. The van der Waals surface area contributed by atoms with Crippen LogP contribution in [0, 0.1) is 0 Å². The number of hydrogen-bond donors (Lipinski definition) is 2. The molecule has 1 saturated heterocycles. The van der Waals surface area contributed by atoms with Crippen LogP contribution < -0.4 is 15.5 Å². The van der Waals surface area contributed by atoms with Gasteiger partial charge in [0.15, 0.2) is 0 Å². The number of halogens is 2. The van der Waals surface area contributed by atoms with Gasteiger partial charge in [0, 0.05) is 51.7 Å². The predicted molar refractivity (Wildman–Crippen MR) is 119 cm³/mol. The number of carbonyl (C=O) groups is 1. The Labute approximate surface area is 179 Å². The zero-order chi connectivity index (χ0) is 18.2. The number of piperazine rings is 1. The summed E-state index contributed by atoms with van der Waals surface area (Å²) in [6, 6.07) is 13.7. The Hall–Kier alpha value is -1.86. The molecular weight excluding hydrogens is 397 g/mol. The van der Waals surface area contributed by atoms with E-state index in [4.69, 9.17) is 0 Å². The SMILES string of the molecule is CN(c1ccccc1)c1ccc(C(=O)NCCCN2CCNCC2)cn1.Cl.Cl. The van der Waals surface area contributed by atoms with E-state index in [1.165, 1.54) is 0 Å². The van der Waals surface area contributed by atoms with Crippen molar-refractivity contribution in [2.24, 2.45) is 0 Å². The molecule has 1 fully saturated rings. The largest absolute Gasteiger partial charge is 0.352 e. The van der Waals surface area contributed by atoms with Crippen LogP contribution in [-0.4, -0.2) is 62.1 Å². The fraction of sp³-hybridized carbons (Fsp3) is 0.400. The summed E-state index contributed by atoms with van der Waals surface area (Å²) >= 11 is 0. The number of nitrogens with zero attached hydrogens (tertiary/aromatic N) is 3. The second-order valence-corrected chi connectivity index (χ2v) is 6.50. The Balaban J connectivity index is 0.00000196. The second-order valence-electron chi connectivity index (χ2n) is 6.50. The fourth-order valence-corrected chi connectivity index (χ4v) is 3.04. The summed E-state index contributed by atoms with van der Waals surface area (Å²) in [5.74, 6) is 0.748. The van der Waals surface area contributed by atoms with E-state index >= 15 is 0 Å². The Kier molecular flexibility index (Phi) is 10.9. The molecule has 0 bridgehead atoms. The summed E-state index contributed by atoms with van der Waals surface area (Å²) < 4.78 is 0. The summed E-state index contributed by atoms with van der Waals surface area (Å²) in [4.78, 5) is 21.1. The molecule has 0 aliphatic carbocycles. The van der Waals surface area contributed by atoms with Crippen molar-refractivity contribution in [3.05, 3.63) is 54.2 Å². The van der Waals surface area contributed by atoms with Crippen LogP contribution in [0.5, 0.6) is 0 Å². The highest BCUT2D eigenvalue weighted by Crippen LogP contribution is 2.20. The topological polar surface area (TPSA) is 60.5 Å². The van der Waals surface area contributed by atoms with Gasteiger partial charge in [-0.15, -0.1) is 24.8 Å². The summed E-state index contributed by atoms with van der Waals surface area (Å²) in [5, 5.41) is 6.33. The van der Waals surface area contributed by atoms with Gasteiger partial charge >= 0.3 is 0 Å². The van der Waals surface area contributed by atoms with Gasteiger partial charge in [-0.3, -0.25) is 4.79 Å². The van der Waals surface area contributed by atoms with E-state index in [1.54, 1.807) is 6.20 Å². The molecule has 1 amide bonds. The molecule has 2 aromatic rings. The van der Waals surface area contributed by atoms with Gasteiger partial charge in [-0.25, -0.2) is 4.98 Å². The van der Waals surface area contributed by atoms with Gasteiger partial charge in [-0.1, -0.05) is 18.2 Å². The molecule has 2 N–H and O–H groups in total. The minimum absolute atomic E-state index is 0. The Morgan fingerprint density at radius 1 is 1.14 bits per heavy atom. The van der Waals surface area contributed by atoms with E-state index in [1.807, 2.05) is 54.4 Å². The van der Waals surface area contributed by atoms with Gasteiger partial charge in [0.1, 0.15) is 5.82 Å². The molecule has 0 saturated carbocycles. The van der Waals surface area contributed by atoms with Gasteiger partial charge < -0.3 is 20.4 Å². The Bertz CT molecular complexity index is 694. The van der Waals surface area contributed by atoms with E-state index in [2.05, 4.69) is 20.5 Å². The number of amides is 1. The average molecular weight is 426 g/mol. The molecule has 1 aliphatic rings. The first-order chi connectivity index (χ1) is 12.7. The van der Waals surface area contributed by atoms with Gasteiger partial charge in [0.25, 0.3) is 5.91 Å².